The molecule has 0 aromatic heterocycles. The molecule has 1 aliphatic carbocycles. The Labute approximate surface area is 117 Å². The maximum absolute atomic E-state index is 12.3. The van der Waals surface area contributed by atoms with E-state index < -0.39 is 28.0 Å². The second-order valence-corrected chi connectivity index (χ2v) is 6.80. The molecule has 114 valence electrons. The summed E-state index contributed by atoms with van der Waals surface area (Å²) < 4.78 is 23.5. The van der Waals surface area contributed by atoms with E-state index in [4.69, 9.17) is 10.2 Å². The van der Waals surface area contributed by atoms with Crippen LogP contribution in [0.25, 0.3) is 0 Å². The number of nitrogens with zero attached hydrogens (tertiary/aromatic N) is 2. The van der Waals surface area contributed by atoms with E-state index >= 15 is 0 Å². The van der Waals surface area contributed by atoms with Crippen LogP contribution in [0.3, 0.4) is 0 Å². The lowest BCUT2D eigenvalue weighted by atomic mass is 9.94. The molecule has 2 fully saturated rings. The van der Waals surface area contributed by atoms with Gasteiger partial charge in [0.15, 0.2) is 0 Å². The largest absolute Gasteiger partial charge is 0.481 e. The molecule has 2 rings (SSSR count). The summed E-state index contributed by atoms with van der Waals surface area (Å²) in [7, 11) is -3.72. The van der Waals surface area contributed by atoms with E-state index in [1.54, 1.807) is 4.90 Å². The summed E-state index contributed by atoms with van der Waals surface area (Å²) in [6.45, 7) is 0.847. The van der Waals surface area contributed by atoms with E-state index in [2.05, 4.69) is 0 Å². The van der Waals surface area contributed by atoms with Crippen LogP contribution in [0.5, 0.6) is 0 Å². The highest BCUT2D eigenvalue weighted by Crippen LogP contribution is 2.33. The molecule has 1 saturated carbocycles. The van der Waals surface area contributed by atoms with Gasteiger partial charge in [0.25, 0.3) is 10.2 Å². The number of carbonyl (C=O) groups is 2. The SMILES string of the molecule is NS(=O)(=O)N1CCN(C(=O)[C@@H]2CCC[C@@H]2C(=O)O)CC1. The number of hydrogen-bond acceptors (Lipinski definition) is 4. The van der Waals surface area contributed by atoms with Crippen molar-refractivity contribution in [3.05, 3.63) is 0 Å². The van der Waals surface area contributed by atoms with Crippen molar-refractivity contribution in [1.82, 2.24) is 9.21 Å². The summed E-state index contributed by atoms with van der Waals surface area (Å²) in [6.07, 6.45) is 1.86. The third-order valence-electron chi connectivity index (χ3n) is 4.06. The number of amides is 1. The first-order valence-electron chi connectivity index (χ1n) is 6.60. The molecule has 8 nitrogen and oxygen atoms in total. The number of aliphatic carboxylic acids is 1. The monoisotopic (exact) mass is 305 g/mol. The molecule has 0 spiro atoms. The van der Waals surface area contributed by atoms with E-state index in [9.17, 15) is 18.0 Å². The smallest absolute Gasteiger partial charge is 0.307 e. The standard InChI is InChI=1S/C11H19N3O5S/c12-20(18,19)14-6-4-13(5-7-14)10(15)8-2-1-3-9(8)11(16)17/h8-9H,1-7H2,(H,16,17)(H2,12,18,19)/t8-,9+/m1/s1. The van der Waals surface area contributed by atoms with Crippen LogP contribution in [0, 0.1) is 11.8 Å². The van der Waals surface area contributed by atoms with Gasteiger partial charge < -0.3 is 10.0 Å². The second-order valence-electron chi connectivity index (χ2n) is 5.25. The lowest BCUT2D eigenvalue weighted by molar-refractivity contribution is -0.149. The molecule has 0 radical (unpaired) electrons. The fraction of sp³-hybridized carbons (Fsp3) is 0.818. The Hall–Kier alpha value is -1.19. The molecule has 3 N–H and O–H groups in total. The summed E-state index contributed by atoms with van der Waals surface area (Å²) in [6, 6.07) is 0. The third kappa shape index (κ3) is 3.10. The van der Waals surface area contributed by atoms with Crippen molar-refractivity contribution >= 4 is 22.1 Å². The van der Waals surface area contributed by atoms with Gasteiger partial charge in [-0.1, -0.05) is 6.42 Å². The first-order chi connectivity index (χ1) is 9.30. The van der Waals surface area contributed by atoms with Crippen LogP contribution in [-0.4, -0.2) is 60.8 Å². The van der Waals surface area contributed by atoms with Crippen molar-refractivity contribution in [2.24, 2.45) is 17.0 Å². The van der Waals surface area contributed by atoms with Crippen LogP contribution in [0.15, 0.2) is 0 Å². The van der Waals surface area contributed by atoms with Crippen LogP contribution in [0.4, 0.5) is 0 Å². The fourth-order valence-corrected chi connectivity index (χ4v) is 3.62. The predicted molar refractivity (Wildman–Crippen MR) is 69.7 cm³/mol. The summed E-state index contributed by atoms with van der Waals surface area (Å²) in [5.74, 6) is -2.19. The van der Waals surface area contributed by atoms with Gasteiger partial charge in [-0.2, -0.15) is 12.7 Å². The molecule has 9 heteroatoms. The zero-order valence-corrected chi connectivity index (χ0v) is 11.9. The average Bonchev–Trinajstić information content (AvgIpc) is 2.86. The Kier molecular flexibility index (Phi) is 4.31. The molecule has 2 aliphatic rings. The molecule has 1 saturated heterocycles. The summed E-state index contributed by atoms with van der Waals surface area (Å²) in [5, 5.41) is 14.1. The average molecular weight is 305 g/mol. The van der Waals surface area contributed by atoms with Gasteiger partial charge in [-0.3, -0.25) is 9.59 Å². The minimum atomic E-state index is -3.72. The van der Waals surface area contributed by atoms with Gasteiger partial charge in [0.1, 0.15) is 0 Å². The fourth-order valence-electron chi connectivity index (χ4n) is 2.95. The number of carboxylic acid groups (broad SMARTS) is 1. The number of nitrogens with two attached hydrogens (primary N) is 1. The van der Waals surface area contributed by atoms with Crippen molar-refractivity contribution in [3.8, 4) is 0 Å². The molecule has 1 heterocycles. The number of hydrogen-bond donors (Lipinski definition) is 2. The van der Waals surface area contributed by atoms with E-state index in [-0.39, 0.29) is 32.1 Å². The Morgan fingerprint density at radius 2 is 1.60 bits per heavy atom. The minimum absolute atomic E-state index is 0.162. The maximum atomic E-state index is 12.3. The normalized spacial score (nSPS) is 28.6. The highest BCUT2D eigenvalue weighted by atomic mass is 32.2. The zero-order chi connectivity index (χ0) is 14.9. The molecular formula is C11H19N3O5S. The molecule has 0 aromatic carbocycles. The predicted octanol–water partition coefficient (Wildman–Crippen LogP) is -1.16. The molecule has 1 aliphatic heterocycles. The van der Waals surface area contributed by atoms with Crippen molar-refractivity contribution in [3.63, 3.8) is 0 Å². The molecule has 0 aromatic rings. The van der Waals surface area contributed by atoms with Crippen molar-refractivity contribution in [2.75, 3.05) is 26.2 Å². The lowest BCUT2D eigenvalue weighted by Gasteiger charge is -2.35. The molecule has 1 amide bonds. The summed E-state index contributed by atoms with van der Waals surface area (Å²) in [5.41, 5.74) is 0. The van der Waals surface area contributed by atoms with Gasteiger partial charge in [-0.05, 0) is 12.8 Å². The topological polar surface area (TPSA) is 121 Å². The van der Waals surface area contributed by atoms with Crippen LogP contribution >= 0.6 is 0 Å². The highest BCUT2D eigenvalue weighted by Gasteiger charge is 2.40. The number of carboxylic acids is 1. The van der Waals surface area contributed by atoms with Gasteiger partial charge in [-0.15, -0.1) is 0 Å². The van der Waals surface area contributed by atoms with Gasteiger partial charge in [0.2, 0.25) is 5.91 Å². The first-order valence-corrected chi connectivity index (χ1v) is 8.10. The van der Waals surface area contributed by atoms with Crippen molar-refractivity contribution in [2.45, 2.75) is 19.3 Å². The van der Waals surface area contributed by atoms with Crippen LogP contribution < -0.4 is 5.14 Å². The quantitative estimate of drug-likeness (QED) is 0.681. The Balaban J connectivity index is 1.97. The third-order valence-corrected chi connectivity index (χ3v) is 5.15. The van der Waals surface area contributed by atoms with Gasteiger partial charge in [0.05, 0.1) is 11.8 Å². The van der Waals surface area contributed by atoms with E-state index in [0.717, 1.165) is 10.7 Å². The minimum Gasteiger partial charge on any atom is -0.481 e. The van der Waals surface area contributed by atoms with Crippen molar-refractivity contribution in [1.29, 1.82) is 0 Å². The van der Waals surface area contributed by atoms with E-state index in [1.165, 1.54) is 0 Å². The first kappa shape index (κ1) is 15.2. The van der Waals surface area contributed by atoms with E-state index in [0.29, 0.717) is 12.8 Å². The molecular weight excluding hydrogens is 286 g/mol. The second kappa shape index (κ2) is 5.66. The molecule has 20 heavy (non-hydrogen) atoms. The maximum Gasteiger partial charge on any atom is 0.307 e. The Morgan fingerprint density at radius 3 is 2.10 bits per heavy atom. The Morgan fingerprint density at radius 1 is 1.05 bits per heavy atom. The van der Waals surface area contributed by atoms with Gasteiger partial charge in [0, 0.05) is 26.2 Å². The zero-order valence-electron chi connectivity index (χ0n) is 11.1. The number of carbonyl (C=O) groups excluding carboxylic acids is 1. The summed E-state index contributed by atoms with van der Waals surface area (Å²) in [4.78, 5) is 25.0. The highest BCUT2D eigenvalue weighted by molar-refractivity contribution is 7.86. The van der Waals surface area contributed by atoms with E-state index in [1.807, 2.05) is 0 Å². The van der Waals surface area contributed by atoms with Gasteiger partial charge in [-0.25, -0.2) is 5.14 Å². The molecule has 2 atom stereocenters. The number of piperazine rings is 1. The lowest BCUT2D eigenvalue weighted by Crippen LogP contribution is -2.53. The van der Waals surface area contributed by atoms with Crippen LogP contribution in [-0.2, 0) is 19.8 Å². The van der Waals surface area contributed by atoms with Crippen LogP contribution in [0.2, 0.25) is 0 Å². The molecule has 0 bridgehead atoms. The van der Waals surface area contributed by atoms with Gasteiger partial charge >= 0.3 is 5.97 Å². The molecule has 0 unspecified atom stereocenters. The van der Waals surface area contributed by atoms with Crippen LogP contribution in [0.1, 0.15) is 19.3 Å². The Bertz CT molecular complexity index is 498. The van der Waals surface area contributed by atoms with Crippen molar-refractivity contribution < 1.29 is 23.1 Å². The summed E-state index contributed by atoms with van der Waals surface area (Å²) >= 11 is 0. The number of rotatable bonds is 3.